The number of methoxy groups -OCH3 is 2. The summed E-state index contributed by atoms with van der Waals surface area (Å²) in [5.74, 6) is -1.96. The minimum atomic E-state index is -5.09. The number of halogens is 6. The zero-order valence-electron chi connectivity index (χ0n) is 40.6. The predicted molar refractivity (Wildman–Crippen MR) is 251 cm³/mol. The van der Waals surface area contributed by atoms with E-state index in [0.29, 0.717) is 30.9 Å². The van der Waals surface area contributed by atoms with Crippen LogP contribution in [0.4, 0.5) is 42.8 Å². The molecular weight excluding hydrogens is 935 g/mol. The average molecular weight is 991 g/mol. The second-order valence-electron chi connectivity index (χ2n) is 20.3. The molecule has 4 saturated heterocycles. The van der Waals surface area contributed by atoms with Crippen LogP contribution in [0.2, 0.25) is 0 Å². The Bertz CT molecular complexity index is 2800. The molecule has 5 aliphatic heterocycles. The minimum absolute atomic E-state index is 0.0770. The van der Waals surface area contributed by atoms with E-state index in [1.165, 1.54) is 16.7 Å². The second kappa shape index (κ2) is 18.1. The van der Waals surface area contributed by atoms with Crippen molar-refractivity contribution in [1.29, 1.82) is 0 Å². The van der Waals surface area contributed by atoms with Crippen molar-refractivity contribution in [2.45, 2.75) is 128 Å². The maximum absolute atomic E-state index is 18.0. The third-order valence-corrected chi connectivity index (χ3v) is 14.6. The second-order valence-corrected chi connectivity index (χ2v) is 20.3. The van der Waals surface area contributed by atoms with Crippen LogP contribution < -0.4 is 28.7 Å². The van der Waals surface area contributed by atoms with Gasteiger partial charge in [-0.1, -0.05) is 24.3 Å². The number of anilines is 2. The molecule has 1 amide bonds. The van der Waals surface area contributed by atoms with Gasteiger partial charge in [0, 0.05) is 43.9 Å². The van der Waals surface area contributed by atoms with Crippen LogP contribution in [0.15, 0.2) is 48.5 Å². The quantitative estimate of drug-likeness (QED) is 0.117. The smallest absolute Gasteiger partial charge is 0.427 e. The predicted octanol–water partition coefficient (Wildman–Crippen LogP) is 9.44. The number of benzene rings is 2. The van der Waals surface area contributed by atoms with Crippen LogP contribution in [0.1, 0.15) is 75.3 Å². The van der Waals surface area contributed by atoms with Crippen molar-refractivity contribution in [2.75, 3.05) is 50.3 Å². The topological polar surface area (TPSA) is 128 Å². The highest BCUT2D eigenvalue weighted by atomic mass is 19.4. The highest BCUT2D eigenvalue weighted by Crippen LogP contribution is 2.50. The van der Waals surface area contributed by atoms with Crippen LogP contribution in [-0.4, -0.2) is 124 Å². The summed E-state index contributed by atoms with van der Waals surface area (Å²) < 4.78 is 127. The van der Waals surface area contributed by atoms with Crippen LogP contribution in [0, 0.1) is 25.5 Å². The maximum atomic E-state index is 18.0. The summed E-state index contributed by atoms with van der Waals surface area (Å²) in [5.41, 5.74) is -1.24. The van der Waals surface area contributed by atoms with E-state index >= 15 is 22.0 Å². The lowest BCUT2D eigenvalue weighted by atomic mass is 9.95. The monoisotopic (exact) mass is 990 g/mol. The molecule has 0 saturated carbocycles. The Morgan fingerprint density at radius 3 is 2.17 bits per heavy atom. The molecule has 71 heavy (non-hydrogen) atoms. The van der Waals surface area contributed by atoms with Crippen LogP contribution in [-0.2, 0) is 17.8 Å². The Morgan fingerprint density at radius 2 is 1.55 bits per heavy atom. The maximum Gasteiger partial charge on any atom is 0.427 e. The number of hydrogen-bond donors (Lipinski definition) is 0. The number of hydrogen-bond acceptors (Lipinski definition) is 13. The normalized spacial score (nSPS) is 23.8. The molecule has 3 aromatic heterocycles. The summed E-state index contributed by atoms with van der Waals surface area (Å²) in [6, 6.07) is 10.6. The Hall–Kier alpha value is -6.31. The molecule has 0 spiro atoms. The van der Waals surface area contributed by atoms with Gasteiger partial charge in [0.25, 0.3) is 0 Å². The fraction of sp³-hybridized carbons (Fsp3) is 0.510. The molecule has 4 fully saturated rings. The van der Waals surface area contributed by atoms with Crippen molar-refractivity contribution in [3.63, 3.8) is 0 Å². The molecule has 0 unspecified atom stereocenters. The molecule has 378 valence electrons. The van der Waals surface area contributed by atoms with Gasteiger partial charge in [-0.3, -0.25) is 9.80 Å². The van der Waals surface area contributed by atoms with Gasteiger partial charge in [-0.15, -0.1) is 0 Å². The Labute approximate surface area is 407 Å². The average Bonchev–Trinajstić information content (AvgIpc) is 3.93. The van der Waals surface area contributed by atoms with Gasteiger partial charge in [0.1, 0.15) is 52.3 Å². The number of alkyl halides is 4. The lowest BCUT2D eigenvalue weighted by molar-refractivity contribution is -0.206. The van der Waals surface area contributed by atoms with E-state index in [0.717, 1.165) is 17.5 Å². The van der Waals surface area contributed by atoms with Crippen molar-refractivity contribution in [3.8, 4) is 34.6 Å². The number of pyridine rings is 2. The summed E-state index contributed by atoms with van der Waals surface area (Å²) in [5, 5.41) is -0.282. The van der Waals surface area contributed by atoms with Gasteiger partial charge in [0.15, 0.2) is 17.5 Å². The number of fused-ring (bicyclic) bond motifs is 6. The van der Waals surface area contributed by atoms with E-state index in [-0.39, 0.29) is 85.5 Å². The lowest BCUT2D eigenvalue weighted by Gasteiger charge is -2.48. The van der Waals surface area contributed by atoms with E-state index in [9.17, 15) is 9.18 Å². The standard InChI is InChI=1S/C51H56F6N8O6/c1-27-28(2)58-45(62(22-29-9-14-33(67-6)15-10-29)23-30-11-16-34(68-7)17-12-30)38(53)36(27)40-39(54)41-37-44(61-47(60-41)69-26-50-19-8-20-63(50)24-31(52)21-50)64-25-32-13-18-35(65(32)48(66)71-49(3,4)5)42(64)43(51(55,56)57)70-46(37)59-40/h9-12,14-17,31-32,35,42-43H,8,13,18-26H2,1-7H3/t31-,32-,35+,42+,43-,50+/m1/s1. The summed E-state index contributed by atoms with van der Waals surface area (Å²) in [6.07, 6.45) is -7.50. The van der Waals surface area contributed by atoms with E-state index in [1.807, 2.05) is 29.2 Å². The summed E-state index contributed by atoms with van der Waals surface area (Å²) in [4.78, 5) is 38.7. The van der Waals surface area contributed by atoms with E-state index in [4.69, 9.17) is 33.7 Å². The molecule has 2 bridgehead atoms. The van der Waals surface area contributed by atoms with Crippen molar-refractivity contribution in [2.24, 2.45) is 0 Å². The van der Waals surface area contributed by atoms with Gasteiger partial charge in [-0.25, -0.2) is 27.9 Å². The molecule has 5 aliphatic rings. The Morgan fingerprint density at radius 1 is 0.887 bits per heavy atom. The third kappa shape index (κ3) is 8.83. The molecule has 5 aromatic rings. The zero-order valence-corrected chi connectivity index (χ0v) is 40.6. The number of rotatable bonds is 11. The van der Waals surface area contributed by atoms with Crippen LogP contribution in [0.25, 0.3) is 22.2 Å². The number of carbonyl (C=O) groups excluding carboxylic acids is 1. The van der Waals surface area contributed by atoms with Crippen LogP contribution in [0.3, 0.4) is 0 Å². The van der Waals surface area contributed by atoms with Crippen molar-refractivity contribution >= 4 is 28.6 Å². The molecule has 20 heteroatoms. The fourth-order valence-electron chi connectivity index (χ4n) is 11.2. The van der Waals surface area contributed by atoms with Crippen molar-refractivity contribution in [1.82, 2.24) is 29.7 Å². The van der Waals surface area contributed by atoms with Gasteiger partial charge >= 0.3 is 18.3 Å². The number of amides is 1. The van der Waals surface area contributed by atoms with E-state index in [1.54, 1.807) is 71.1 Å². The summed E-state index contributed by atoms with van der Waals surface area (Å²) in [7, 11) is 3.09. The zero-order chi connectivity index (χ0) is 50.3. The van der Waals surface area contributed by atoms with Gasteiger partial charge in [0.05, 0.1) is 37.9 Å². The lowest BCUT2D eigenvalue weighted by Crippen LogP contribution is -2.68. The number of aryl methyl sites for hydroxylation is 1. The van der Waals surface area contributed by atoms with Crippen LogP contribution in [0.5, 0.6) is 23.4 Å². The minimum Gasteiger partial charge on any atom is -0.497 e. The first kappa shape index (κ1) is 48.3. The molecule has 14 nitrogen and oxygen atoms in total. The van der Waals surface area contributed by atoms with Crippen molar-refractivity contribution < 1.29 is 54.8 Å². The Balaban J connectivity index is 1.14. The van der Waals surface area contributed by atoms with E-state index < -0.39 is 82.5 Å². The molecule has 8 heterocycles. The molecule has 2 aromatic carbocycles. The SMILES string of the molecule is COc1ccc(CN(Cc2ccc(OC)cc2)c2nc(C)c(C)c(-c3nc4c5c(nc(OC[C@@]67CCCN6C[C@H](F)C7)nc5c3F)N3C[C@H]5CC[C@@H]([C@H]3[C@H](C(F)(F)F)O4)N5C(=O)OC(C)(C)C)c2F)cc1. The van der Waals surface area contributed by atoms with E-state index in [2.05, 4.69) is 9.97 Å². The molecule has 0 aliphatic carbocycles. The third-order valence-electron chi connectivity index (χ3n) is 14.6. The van der Waals surface area contributed by atoms with Gasteiger partial charge in [-0.2, -0.15) is 23.1 Å². The summed E-state index contributed by atoms with van der Waals surface area (Å²) in [6.45, 7) is 9.04. The summed E-state index contributed by atoms with van der Waals surface area (Å²) >= 11 is 0. The largest absolute Gasteiger partial charge is 0.497 e. The van der Waals surface area contributed by atoms with Gasteiger partial charge < -0.3 is 33.5 Å². The number of aromatic nitrogens is 4. The van der Waals surface area contributed by atoms with Crippen molar-refractivity contribution in [3.05, 3.63) is 82.5 Å². The first-order chi connectivity index (χ1) is 33.8. The molecule has 0 radical (unpaired) electrons. The van der Waals surface area contributed by atoms with Crippen LogP contribution >= 0.6 is 0 Å². The first-order valence-electron chi connectivity index (χ1n) is 23.9. The fourth-order valence-corrected chi connectivity index (χ4v) is 11.2. The van der Waals surface area contributed by atoms with Gasteiger partial charge in [0.2, 0.25) is 12.0 Å². The highest BCUT2D eigenvalue weighted by Gasteiger charge is 2.61. The molecule has 0 N–H and O–H groups in total. The molecule has 6 atom stereocenters. The Kier molecular flexibility index (Phi) is 12.3. The number of carbonyl (C=O) groups is 1. The number of nitrogens with zero attached hydrogens (tertiary/aromatic N) is 8. The molecular formula is C51H56F6N8O6. The highest BCUT2D eigenvalue weighted by molar-refractivity contribution is 5.98. The van der Waals surface area contributed by atoms with Gasteiger partial charge in [-0.05, 0) is 108 Å². The number of ether oxygens (including phenoxy) is 5. The first-order valence-corrected chi connectivity index (χ1v) is 23.9. The number of piperazine rings is 1. The molecule has 10 rings (SSSR count).